The molecule has 0 unspecified atom stereocenters. The molecule has 2 saturated carbocycles. The summed E-state index contributed by atoms with van der Waals surface area (Å²) in [6.07, 6.45) is 11.4. The van der Waals surface area contributed by atoms with Gasteiger partial charge in [0.05, 0.1) is 0 Å². The van der Waals surface area contributed by atoms with Crippen LogP contribution in [-0.4, -0.2) is 24.2 Å². The lowest BCUT2D eigenvalue weighted by atomic mass is 9.69. The molecule has 0 atom stereocenters. The Kier molecular flexibility index (Phi) is 7.21. The molecule has 0 aliphatic heterocycles. The van der Waals surface area contributed by atoms with Gasteiger partial charge in [-0.15, -0.1) is 0 Å². The highest BCUT2D eigenvalue weighted by molar-refractivity contribution is 4.86. The maximum absolute atomic E-state index is 3.74. The summed E-state index contributed by atoms with van der Waals surface area (Å²) in [6, 6.07) is 2.86. The van der Waals surface area contributed by atoms with E-state index in [2.05, 4.69) is 45.3 Å². The molecular weight excluding hydrogens is 268 g/mol. The molecule has 2 fully saturated rings. The molecule has 0 amide bonds. The van der Waals surface area contributed by atoms with Gasteiger partial charge in [0.1, 0.15) is 0 Å². The summed E-state index contributed by atoms with van der Waals surface area (Å²) in [4.78, 5) is 0. The maximum Gasteiger partial charge on any atom is 0.00696 e. The van der Waals surface area contributed by atoms with Crippen molar-refractivity contribution in [3.8, 4) is 0 Å². The third kappa shape index (κ3) is 5.53. The summed E-state index contributed by atoms with van der Waals surface area (Å²) < 4.78 is 0. The molecule has 2 aliphatic rings. The summed E-state index contributed by atoms with van der Waals surface area (Å²) in [6.45, 7) is 11.7. The first-order valence-corrected chi connectivity index (χ1v) is 9.97. The smallest absolute Gasteiger partial charge is 0.00696 e. The largest absolute Gasteiger partial charge is 0.312 e. The highest BCUT2D eigenvalue weighted by Crippen LogP contribution is 2.39. The van der Waals surface area contributed by atoms with E-state index >= 15 is 0 Å². The summed E-state index contributed by atoms with van der Waals surface area (Å²) in [5.74, 6) is 2.93. The van der Waals surface area contributed by atoms with Gasteiger partial charge < -0.3 is 10.6 Å². The molecule has 2 aliphatic carbocycles. The van der Waals surface area contributed by atoms with E-state index in [0.29, 0.717) is 12.1 Å². The van der Waals surface area contributed by atoms with Crippen molar-refractivity contribution in [3.05, 3.63) is 0 Å². The highest BCUT2D eigenvalue weighted by atomic mass is 14.9. The maximum atomic E-state index is 3.74. The van der Waals surface area contributed by atoms with E-state index in [4.69, 9.17) is 0 Å². The van der Waals surface area contributed by atoms with Crippen molar-refractivity contribution in [3.63, 3.8) is 0 Å². The van der Waals surface area contributed by atoms with E-state index in [9.17, 15) is 0 Å². The summed E-state index contributed by atoms with van der Waals surface area (Å²) >= 11 is 0. The van der Waals surface area contributed by atoms with Gasteiger partial charge in [-0.2, -0.15) is 0 Å². The first-order chi connectivity index (χ1) is 10.5. The topological polar surface area (TPSA) is 24.1 Å². The standard InChI is InChI=1S/C20H40N2/c1-14(2)21-19-10-6-17(7-11-19)16(5)18-8-12-20(13-9-18)22-15(3)4/h14-22H,6-13H2,1-5H3. The lowest BCUT2D eigenvalue weighted by Gasteiger charge is -2.40. The molecule has 2 heteroatoms. The minimum Gasteiger partial charge on any atom is -0.312 e. The van der Waals surface area contributed by atoms with Crippen molar-refractivity contribution >= 4 is 0 Å². The molecule has 2 rings (SSSR count). The van der Waals surface area contributed by atoms with Crippen LogP contribution in [0.25, 0.3) is 0 Å². The molecule has 130 valence electrons. The molecule has 0 aromatic rings. The normalized spacial score (nSPS) is 35.0. The molecule has 2 N–H and O–H groups in total. The van der Waals surface area contributed by atoms with Gasteiger partial charge in [-0.1, -0.05) is 34.6 Å². The van der Waals surface area contributed by atoms with Gasteiger partial charge in [-0.25, -0.2) is 0 Å². The van der Waals surface area contributed by atoms with Crippen molar-refractivity contribution in [2.75, 3.05) is 0 Å². The Morgan fingerprint density at radius 3 is 1.14 bits per heavy atom. The van der Waals surface area contributed by atoms with Crippen LogP contribution < -0.4 is 10.6 Å². The van der Waals surface area contributed by atoms with Crippen molar-refractivity contribution in [1.82, 2.24) is 10.6 Å². The molecule has 0 aromatic heterocycles. The molecule has 0 aromatic carbocycles. The average Bonchev–Trinajstić information content (AvgIpc) is 2.47. The number of hydrogen-bond donors (Lipinski definition) is 2. The molecule has 0 spiro atoms. The van der Waals surface area contributed by atoms with E-state index in [0.717, 1.165) is 29.8 Å². The molecule has 0 heterocycles. The van der Waals surface area contributed by atoms with E-state index in [1.807, 2.05) is 0 Å². The van der Waals surface area contributed by atoms with Gasteiger partial charge in [0.2, 0.25) is 0 Å². The Bertz CT molecular complexity index is 267. The summed E-state index contributed by atoms with van der Waals surface area (Å²) in [5.41, 5.74) is 0. The van der Waals surface area contributed by atoms with Crippen LogP contribution in [0.4, 0.5) is 0 Å². The fraction of sp³-hybridized carbons (Fsp3) is 1.00. The van der Waals surface area contributed by atoms with Crippen LogP contribution in [0, 0.1) is 17.8 Å². The van der Waals surface area contributed by atoms with Crippen molar-refractivity contribution < 1.29 is 0 Å². The molecule has 22 heavy (non-hydrogen) atoms. The lowest BCUT2D eigenvalue weighted by molar-refractivity contribution is 0.134. The van der Waals surface area contributed by atoms with E-state index in [-0.39, 0.29) is 0 Å². The molecule has 0 bridgehead atoms. The molecule has 0 radical (unpaired) electrons. The number of nitrogens with one attached hydrogen (secondary N) is 2. The van der Waals surface area contributed by atoms with Crippen LogP contribution in [0.5, 0.6) is 0 Å². The average molecular weight is 309 g/mol. The first-order valence-electron chi connectivity index (χ1n) is 9.97. The van der Waals surface area contributed by atoms with Crippen LogP contribution in [0.15, 0.2) is 0 Å². The van der Waals surface area contributed by atoms with E-state index in [1.165, 1.54) is 51.4 Å². The predicted molar refractivity (Wildman–Crippen MR) is 97.2 cm³/mol. The molecular formula is C20H40N2. The van der Waals surface area contributed by atoms with Crippen LogP contribution in [-0.2, 0) is 0 Å². The summed E-state index contributed by atoms with van der Waals surface area (Å²) in [5, 5.41) is 7.47. The Labute approximate surface area is 139 Å². The zero-order valence-electron chi connectivity index (χ0n) is 15.7. The van der Waals surface area contributed by atoms with Gasteiger partial charge in [0.25, 0.3) is 0 Å². The van der Waals surface area contributed by atoms with Crippen molar-refractivity contribution in [2.24, 2.45) is 17.8 Å². The van der Waals surface area contributed by atoms with Gasteiger partial charge in [0, 0.05) is 24.2 Å². The van der Waals surface area contributed by atoms with Crippen LogP contribution in [0.3, 0.4) is 0 Å². The molecule has 0 saturated heterocycles. The lowest BCUT2D eigenvalue weighted by Crippen LogP contribution is -2.41. The van der Waals surface area contributed by atoms with Crippen molar-refractivity contribution in [1.29, 1.82) is 0 Å². The van der Waals surface area contributed by atoms with Crippen LogP contribution in [0.1, 0.15) is 86.0 Å². The zero-order chi connectivity index (χ0) is 16.1. The first kappa shape index (κ1) is 18.3. The predicted octanol–water partition coefficient (Wildman–Crippen LogP) is 4.74. The number of hydrogen-bond acceptors (Lipinski definition) is 2. The Balaban J connectivity index is 1.71. The summed E-state index contributed by atoms with van der Waals surface area (Å²) in [7, 11) is 0. The van der Waals surface area contributed by atoms with E-state index in [1.54, 1.807) is 0 Å². The van der Waals surface area contributed by atoms with Crippen LogP contribution in [0.2, 0.25) is 0 Å². The second-order valence-corrected chi connectivity index (χ2v) is 8.73. The Morgan fingerprint density at radius 1 is 0.545 bits per heavy atom. The van der Waals surface area contributed by atoms with Crippen molar-refractivity contribution in [2.45, 2.75) is 110 Å². The minimum absolute atomic E-state index is 0.641. The Morgan fingerprint density at radius 2 is 0.864 bits per heavy atom. The zero-order valence-corrected chi connectivity index (χ0v) is 15.7. The number of rotatable bonds is 6. The quantitative estimate of drug-likeness (QED) is 0.741. The van der Waals surface area contributed by atoms with Gasteiger partial charge in [-0.3, -0.25) is 0 Å². The van der Waals surface area contributed by atoms with Gasteiger partial charge >= 0.3 is 0 Å². The second kappa shape index (κ2) is 8.68. The van der Waals surface area contributed by atoms with Gasteiger partial charge in [0.15, 0.2) is 0 Å². The third-order valence-corrected chi connectivity index (χ3v) is 6.17. The molecule has 2 nitrogen and oxygen atoms in total. The highest BCUT2D eigenvalue weighted by Gasteiger charge is 2.32. The minimum atomic E-state index is 0.641. The monoisotopic (exact) mass is 308 g/mol. The van der Waals surface area contributed by atoms with E-state index < -0.39 is 0 Å². The van der Waals surface area contributed by atoms with Gasteiger partial charge in [-0.05, 0) is 69.1 Å². The second-order valence-electron chi connectivity index (χ2n) is 8.73. The third-order valence-electron chi connectivity index (χ3n) is 6.17. The van der Waals surface area contributed by atoms with Crippen LogP contribution >= 0.6 is 0 Å². The fourth-order valence-corrected chi connectivity index (χ4v) is 4.95. The fourth-order valence-electron chi connectivity index (χ4n) is 4.95. The Hall–Kier alpha value is -0.0800. The SMILES string of the molecule is CC(C)NC1CCC(C(C)C2CCC(NC(C)C)CC2)CC1.